The van der Waals surface area contributed by atoms with E-state index in [-0.39, 0.29) is 40.9 Å². The van der Waals surface area contributed by atoms with E-state index >= 15 is 0 Å². The van der Waals surface area contributed by atoms with Gasteiger partial charge in [0.15, 0.2) is 6.10 Å². The number of carbonyl (C=O) groups is 2. The highest BCUT2D eigenvalue weighted by Crippen LogP contribution is 2.37. The van der Waals surface area contributed by atoms with Crippen LogP contribution >= 0.6 is 0 Å². The average molecular weight is 528 g/mol. The first-order valence-corrected chi connectivity index (χ1v) is 12.6. The number of ether oxygens (including phenoxy) is 1. The van der Waals surface area contributed by atoms with Crippen LogP contribution in [0.3, 0.4) is 0 Å². The van der Waals surface area contributed by atoms with Gasteiger partial charge in [0.05, 0.1) is 13.1 Å². The van der Waals surface area contributed by atoms with Crippen LogP contribution in [0.1, 0.15) is 54.1 Å². The number of fused-ring (bicyclic) bond motifs is 3. The summed E-state index contributed by atoms with van der Waals surface area (Å²) in [6.45, 7) is 5.15. The van der Waals surface area contributed by atoms with Crippen LogP contribution in [0.5, 0.6) is 0 Å². The molecule has 0 saturated carbocycles. The molecule has 2 aromatic carbocycles. The molecule has 4 saturated heterocycles. The summed E-state index contributed by atoms with van der Waals surface area (Å²) in [6, 6.07) is 19.3. The van der Waals surface area contributed by atoms with E-state index in [1.54, 1.807) is 0 Å². The molecule has 5 nitrogen and oxygen atoms in total. The van der Waals surface area contributed by atoms with Crippen molar-refractivity contribution in [2.24, 2.45) is 5.92 Å². The predicted molar refractivity (Wildman–Crippen MR) is 128 cm³/mol. The smallest absolute Gasteiger partial charge is 0.328 e. The van der Waals surface area contributed by atoms with Crippen LogP contribution in [-0.4, -0.2) is 66.5 Å². The van der Waals surface area contributed by atoms with Crippen LogP contribution in [0, 0.1) is 5.92 Å². The monoisotopic (exact) mass is 526 g/mol. The first kappa shape index (κ1) is 25.1. The van der Waals surface area contributed by atoms with Crippen molar-refractivity contribution in [3.63, 3.8) is 0 Å². The summed E-state index contributed by atoms with van der Waals surface area (Å²) in [4.78, 5) is 28.9. The maximum absolute atomic E-state index is 13.6. The second kappa shape index (κ2) is 11.1. The van der Waals surface area contributed by atoms with Crippen molar-refractivity contribution in [2.75, 3.05) is 39.3 Å². The van der Waals surface area contributed by atoms with Gasteiger partial charge in [-0.15, -0.1) is 0 Å². The third kappa shape index (κ3) is 5.45. The molecule has 2 atom stereocenters. The first-order valence-electron chi connectivity index (χ1n) is 12.6. The van der Waals surface area contributed by atoms with Gasteiger partial charge in [-0.3, -0.25) is 9.69 Å². The minimum atomic E-state index is -0.332. The van der Waals surface area contributed by atoms with Crippen LogP contribution < -0.4 is 17.0 Å². The lowest BCUT2D eigenvalue weighted by Gasteiger charge is -2.51. The fourth-order valence-electron chi connectivity index (χ4n) is 6.12. The van der Waals surface area contributed by atoms with E-state index in [0.717, 1.165) is 74.0 Å². The number of hydrogen-bond acceptors (Lipinski definition) is 4. The summed E-state index contributed by atoms with van der Waals surface area (Å²) < 4.78 is 7.05. The number of likely N-dealkylation sites (tertiary alicyclic amines) is 1. The van der Waals surface area contributed by atoms with Crippen molar-refractivity contribution >= 4 is 11.8 Å². The van der Waals surface area contributed by atoms with Gasteiger partial charge in [0.1, 0.15) is 19.1 Å². The number of Topliss-reactive ketones (excluding diaryl/α,β-unsaturated/α-hetero) is 1. The largest absolute Gasteiger partial charge is 1.00 e. The van der Waals surface area contributed by atoms with E-state index in [0.29, 0.717) is 12.5 Å². The quantitative estimate of drug-likeness (QED) is 0.309. The fourth-order valence-corrected chi connectivity index (χ4v) is 6.12. The zero-order valence-corrected chi connectivity index (χ0v) is 21.4. The molecular weight excluding hydrogens is 492 g/mol. The topological polar surface area (TPSA) is 46.6 Å². The van der Waals surface area contributed by atoms with Gasteiger partial charge in [-0.2, -0.15) is 0 Å². The van der Waals surface area contributed by atoms with E-state index in [2.05, 4.69) is 4.90 Å². The van der Waals surface area contributed by atoms with Crippen molar-refractivity contribution in [1.82, 2.24) is 4.90 Å². The number of halogens is 1. The molecule has 4 heterocycles. The second-order valence-corrected chi connectivity index (χ2v) is 10.1. The Morgan fingerprint density at radius 3 is 2.18 bits per heavy atom. The van der Waals surface area contributed by atoms with Crippen LogP contribution in [0.2, 0.25) is 0 Å². The normalized spacial score (nSPS) is 27.4. The molecule has 182 valence electrons. The van der Waals surface area contributed by atoms with Gasteiger partial charge in [-0.1, -0.05) is 67.1 Å². The first-order chi connectivity index (χ1) is 16.1. The van der Waals surface area contributed by atoms with Crippen LogP contribution in [0.15, 0.2) is 60.7 Å². The Bertz CT molecular complexity index is 954. The van der Waals surface area contributed by atoms with Crippen LogP contribution in [0.25, 0.3) is 0 Å². The van der Waals surface area contributed by atoms with Gasteiger partial charge in [-0.25, -0.2) is 4.79 Å². The number of esters is 1. The lowest BCUT2D eigenvalue weighted by atomic mass is 9.82. The minimum Gasteiger partial charge on any atom is -1.00 e. The van der Waals surface area contributed by atoms with Crippen molar-refractivity contribution in [3.8, 4) is 0 Å². The summed E-state index contributed by atoms with van der Waals surface area (Å²) in [5.41, 5.74) is 1.80. The summed E-state index contributed by atoms with van der Waals surface area (Å²) in [6.07, 6.45) is 5.45. The van der Waals surface area contributed by atoms with Gasteiger partial charge in [0, 0.05) is 24.3 Å². The number of rotatable bonds is 7. The molecule has 0 aliphatic carbocycles. The molecule has 2 aromatic rings. The van der Waals surface area contributed by atoms with E-state index in [4.69, 9.17) is 4.74 Å². The number of benzene rings is 2. The fraction of sp³-hybridized carbons (Fsp3) is 0.500. The van der Waals surface area contributed by atoms with Crippen molar-refractivity contribution < 1.29 is 35.8 Å². The molecule has 4 aliphatic rings. The van der Waals surface area contributed by atoms with Gasteiger partial charge in [0.25, 0.3) is 0 Å². The van der Waals surface area contributed by atoms with E-state index in [1.165, 1.54) is 6.42 Å². The summed E-state index contributed by atoms with van der Waals surface area (Å²) >= 11 is 0. The Hall–Kier alpha value is -2.02. The van der Waals surface area contributed by atoms with Crippen LogP contribution in [-0.2, 0) is 9.53 Å². The predicted octanol–water partition coefficient (Wildman–Crippen LogP) is 1.25. The Balaban J connectivity index is 0.00000274. The van der Waals surface area contributed by atoms with Gasteiger partial charge in [0.2, 0.25) is 5.78 Å². The Kier molecular flexibility index (Phi) is 8.22. The SMILES string of the molecule is O=C(C[N+]12CCC(CC1)[C@@H](OC(=O)C(c1ccccc1)N1CCCCC1)C2)c1ccccc1.[Br-]. The molecular formula is C28H35BrN2O3. The number of ketones is 1. The molecule has 0 amide bonds. The lowest BCUT2D eigenvalue weighted by molar-refractivity contribution is -0.938. The number of piperidine rings is 4. The van der Waals surface area contributed by atoms with Crippen molar-refractivity contribution in [1.29, 1.82) is 0 Å². The molecule has 4 fully saturated rings. The zero-order chi connectivity index (χ0) is 22.7. The maximum atomic E-state index is 13.6. The molecule has 4 aliphatic heterocycles. The molecule has 2 bridgehead atoms. The van der Waals surface area contributed by atoms with Gasteiger partial charge >= 0.3 is 5.97 Å². The molecule has 6 rings (SSSR count). The third-order valence-electron chi connectivity index (χ3n) is 7.98. The van der Waals surface area contributed by atoms with Crippen molar-refractivity contribution in [3.05, 3.63) is 71.8 Å². The molecule has 6 heteroatoms. The van der Waals surface area contributed by atoms with Gasteiger partial charge in [-0.05, 0) is 31.5 Å². The Labute approximate surface area is 213 Å². The highest BCUT2D eigenvalue weighted by atomic mass is 79.9. The van der Waals surface area contributed by atoms with E-state index < -0.39 is 0 Å². The Morgan fingerprint density at radius 2 is 1.53 bits per heavy atom. The third-order valence-corrected chi connectivity index (χ3v) is 7.98. The van der Waals surface area contributed by atoms with Crippen molar-refractivity contribution in [2.45, 2.75) is 44.2 Å². The minimum absolute atomic E-state index is 0. The highest BCUT2D eigenvalue weighted by Gasteiger charge is 2.49. The number of carbonyl (C=O) groups excluding carboxylic acids is 2. The second-order valence-electron chi connectivity index (χ2n) is 10.1. The molecule has 0 radical (unpaired) electrons. The molecule has 34 heavy (non-hydrogen) atoms. The van der Waals surface area contributed by atoms with Crippen LogP contribution in [0.4, 0.5) is 0 Å². The standard InChI is InChI=1S/C28H35N2O3.BrH/c31-25(22-10-4-1-5-11-22)20-30-18-14-23(15-19-30)26(21-30)33-28(32)27(24-12-6-2-7-13-24)29-16-8-3-9-17-29;/h1-2,4-7,10-13,23,26-27H,3,8-9,14-21H2;1H/q+1;/p-1/t23?,26-,27?,30?;/m0./s1. The molecule has 1 unspecified atom stereocenters. The molecule has 0 aromatic heterocycles. The number of hydrogen-bond donors (Lipinski definition) is 0. The maximum Gasteiger partial charge on any atom is 0.328 e. The number of quaternary nitrogens is 1. The summed E-state index contributed by atoms with van der Waals surface area (Å²) in [5, 5.41) is 0. The zero-order valence-electron chi connectivity index (χ0n) is 19.8. The molecule has 0 spiro atoms. The van der Waals surface area contributed by atoms with E-state index in [9.17, 15) is 9.59 Å². The lowest BCUT2D eigenvalue weighted by Crippen LogP contribution is -3.00. The summed E-state index contributed by atoms with van der Waals surface area (Å²) in [7, 11) is 0. The summed E-state index contributed by atoms with van der Waals surface area (Å²) in [5.74, 6) is 0.490. The highest BCUT2D eigenvalue weighted by molar-refractivity contribution is 5.97. The Morgan fingerprint density at radius 1 is 0.912 bits per heavy atom. The average Bonchev–Trinajstić information content (AvgIpc) is 2.86. The number of nitrogens with zero attached hydrogens (tertiary/aromatic N) is 2. The van der Waals surface area contributed by atoms with Gasteiger partial charge < -0.3 is 26.2 Å². The molecule has 0 N–H and O–H groups in total. The van der Waals surface area contributed by atoms with E-state index in [1.807, 2.05) is 60.7 Å².